The Morgan fingerprint density at radius 3 is 2.39 bits per heavy atom. The van der Waals surface area contributed by atoms with E-state index in [1.807, 2.05) is 26.0 Å². The summed E-state index contributed by atoms with van der Waals surface area (Å²) in [5.41, 5.74) is 3.02. The number of amides is 2. The van der Waals surface area contributed by atoms with Crippen LogP contribution in [-0.4, -0.2) is 12.6 Å². The summed E-state index contributed by atoms with van der Waals surface area (Å²) in [4.78, 5) is 11.7. The quantitative estimate of drug-likeness (QED) is 0.778. The Morgan fingerprint density at radius 2 is 1.83 bits per heavy atom. The van der Waals surface area contributed by atoms with E-state index in [-0.39, 0.29) is 6.03 Å². The first-order valence-corrected chi connectivity index (χ1v) is 7.15. The summed E-state index contributed by atoms with van der Waals surface area (Å²) in [6.07, 6.45) is 3.34. The molecular weight excluding hydrogens is 292 g/mol. The number of nitrogens with one attached hydrogen (secondary N) is 2. The molecule has 0 aliphatic carbocycles. The Balaban J connectivity index is 2.54. The summed E-state index contributed by atoms with van der Waals surface area (Å²) < 4.78 is 1.03. The maximum absolute atomic E-state index is 11.7. The maximum Gasteiger partial charge on any atom is 0.319 e. The van der Waals surface area contributed by atoms with Crippen LogP contribution in [0.1, 0.15) is 37.3 Å². The van der Waals surface area contributed by atoms with E-state index in [1.54, 1.807) is 0 Å². The van der Waals surface area contributed by atoms with Gasteiger partial charge in [-0.25, -0.2) is 4.79 Å². The number of rotatable bonds is 5. The average molecular weight is 313 g/mol. The van der Waals surface area contributed by atoms with E-state index >= 15 is 0 Å². The smallest absolute Gasteiger partial charge is 0.319 e. The fourth-order valence-electron chi connectivity index (χ4n) is 1.84. The van der Waals surface area contributed by atoms with Gasteiger partial charge in [-0.05, 0) is 43.5 Å². The standard InChI is InChI=1S/C14H21BrN2O/c1-4-5-6-7-16-14(18)17-13-10(2)8-12(15)9-11(13)3/h8-9H,4-7H2,1-3H3,(H2,16,17,18). The molecule has 0 atom stereocenters. The Hall–Kier alpha value is -1.03. The van der Waals surface area contributed by atoms with Gasteiger partial charge in [0.15, 0.2) is 0 Å². The van der Waals surface area contributed by atoms with Gasteiger partial charge in [0.1, 0.15) is 0 Å². The number of carbonyl (C=O) groups is 1. The molecule has 0 spiro atoms. The number of benzene rings is 1. The van der Waals surface area contributed by atoms with Crippen molar-refractivity contribution >= 4 is 27.6 Å². The van der Waals surface area contributed by atoms with Crippen LogP contribution < -0.4 is 10.6 Å². The second kappa shape index (κ2) is 7.41. The van der Waals surface area contributed by atoms with Gasteiger partial charge >= 0.3 is 6.03 Å². The van der Waals surface area contributed by atoms with Crippen molar-refractivity contribution in [1.82, 2.24) is 5.32 Å². The van der Waals surface area contributed by atoms with Crippen LogP contribution in [0.4, 0.5) is 10.5 Å². The maximum atomic E-state index is 11.7. The highest BCUT2D eigenvalue weighted by molar-refractivity contribution is 9.10. The average Bonchev–Trinajstić information content (AvgIpc) is 2.29. The molecule has 18 heavy (non-hydrogen) atoms. The largest absolute Gasteiger partial charge is 0.338 e. The van der Waals surface area contributed by atoms with Crippen molar-refractivity contribution in [2.75, 3.05) is 11.9 Å². The first-order chi connectivity index (χ1) is 8.54. The van der Waals surface area contributed by atoms with Crippen molar-refractivity contribution in [2.45, 2.75) is 40.0 Å². The number of halogens is 1. The number of carbonyl (C=O) groups excluding carboxylic acids is 1. The van der Waals surface area contributed by atoms with Crippen LogP contribution in [0.25, 0.3) is 0 Å². The Bertz CT molecular complexity index is 395. The zero-order valence-corrected chi connectivity index (χ0v) is 12.9. The molecule has 2 amide bonds. The van der Waals surface area contributed by atoms with Crippen molar-refractivity contribution in [1.29, 1.82) is 0 Å². The second-order valence-electron chi connectivity index (χ2n) is 4.50. The predicted molar refractivity (Wildman–Crippen MR) is 80.2 cm³/mol. The molecule has 1 rings (SSSR count). The molecule has 100 valence electrons. The summed E-state index contributed by atoms with van der Waals surface area (Å²) in [6, 6.07) is 3.87. The Labute approximate surface area is 117 Å². The molecule has 0 heterocycles. The summed E-state index contributed by atoms with van der Waals surface area (Å²) >= 11 is 3.44. The molecule has 0 aliphatic rings. The highest BCUT2D eigenvalue weighted by Gasteiger charge is 2.07. The first-order valence-electron chi connectivity index (χ1n) is 6.36. The van der Waals surface area contributed by atoms with E-state index in [1.165, 1.54) is 0 Å². The first kappa shape index (κ1) is 15.0. The van der Waals surface area contributed by atoms with E-state index in [2.05, 4.69) is 33.5 Å². The topological polar surface area (TPSA) is 41.1 Å². The molecule has 0 radical (unpaired) electrons. The molecule has 0 aliphatic heterocycles. The minimum atomic E-state index is -0.125. The third kappa shape index (κ3) is 4.69. The Kier molecular flexibility index (Phi) is 6.19. The number of anilines is 1. The van der Waals surface area contributed by atoms with Gasteiger partial charge in [0.2, 0.25) is 0 Å². The number of aryl methyl sites for hydroxylation is 2. The van der Waals surface area contributed by atoms with Gasteiger partial charge in [-0.15, -0.1) is 0 Å². The number of unbranched alkanes of at least 4 members (excludes halogenated alkanes) is 2. The fraction of sp³-hybridized carbons (Fsp3) is 0.500. The molecule has 0 saturated carbocycles. The minimum absolute atomic E-state index is 0.125. The van der Waals surface area contributed by atoms with E-state index in [0.717, 1.165) is 47.1 Å². The van der Waals surface area contributed by atoms with Gasteiger partial charge in [-0.1, -0.05) is 35.7 Å². The molecule has 0 bridgehead atoms. The summed E-state index contributed by atoms with van der Waals surface area (Å²) in [5.74, 6) is 0. The molecule has 0 aromatic heterocycles. The van der Waals surface area contributed by atoms with E-state index in [9.17, 15) is 4.79 Å². The zero-order valence-electron chi connectivity index (χ0n) is 11.3. The highest BCUT2D eigenvalue weighted by atomic mass is 79.9. The molecule has 3 nitrogen and oxygen atoms in total. The van der Waals surface area contributed by atoms with E-state index < -0.39 is 0 Å². The van der Waals surface area contributed by atoms with Crippen molar-refractivity contribution in [2.24, 2.45) is 0 Å². The SMILES string of the molecule is CCCCCNC(=O)Nc1c(C)cc(Br)cc1C. The summed E-state index contributed by atoms with van der Waals surface area (Å²) in [7, 11) is 0. The van der Waals surface area contributed by atoms with Crippen LogP contribution in [0.2, 0.25) is 0 Å². The molecule has 1 aromatic rings. The summed E-state index contributed by atoms with van der Waals surface area (Å²) in [6.45, 7) is 6.86. The molecule has 0 fully saturated rings. The van der Waals surface area contributed by atoms with Crippen LogP contribution in [0.5, 0.6) is 0 Å². The molecule has 0 saturated heterocycles. The van der Waals surface area contributed by atoms with Gasteiger partial charge in [0.05, 0.1) is 0 Å². The normalized spacial score (nSPS) is 10.2. The third-order valence-corrected chi connectivity index (χ3v) is 3.26. The minimum Gasteiger partial charge on any atom is -0.338 e. The third-order valence-electron chi connectivity index (χ3n) is 2.80. The second-order valence-corrected chi connectivity index (χ2v) is 5.42. The lowest BCUT2D eigenvalue weighted by atomic mass is 10.1. The lowest BCUT2D eigenvalue weighted by Crippen LogP contribution is -2.30. The lowest BCUT2D eigenvalue weighted by Gasteiger charge is -2.13. The highest BCUT2D eigenvalue weighted by Crippen LogP contribution is 2.24. The van der Waals surface area contributed by atoms with E-state index in [0.29, 0.717) is 0 Å². The summed E-state index contributed by atoms with van der Waals surface area (Å²) in [5, 5.41) is 5.78. The zero-order chi connectivity index (χ0) is 13.5. The van der Waals surface area contributed by atoms with Crippen LogP contribution in [0.15, 0.2) is 16.6 Å². The predicted octanol–water partition coefficient (Wildman–Crippen LogP) is 4.38. The molecular formula is C14H21BrN2O. The fourth-order valence-corrected chi connectivity index (χ4v) is 2.53. The van der Waals surface area contributed by atoms with Crippen molar-refractivity contribution < 1.29 is 4.79 Å². The van der Waals surface area contributed by atoms with Crippen molar-refractivity contribution in [3.63, 3.8) is 0 Å². The number of hydrogen-bond donors (Lipinski definition) is 2. The van der Waals surface area contributed by atoms with Gasteiger partial charge in [0, 0.05) is 16.7 Å². The van der Waals surface area contributed by atoms with Crippen LogP contribution in [0.3, 0.4) is 0 Å². The molecule has 4 heteroatoms. The Morgan fingerprint density at radius 1 is 1.22 bits per heavy atom. The monoisotopic (exact) mass is 312 g/mol. The van der Waals surface area contributed by atoms with Crippen LogP contribution in [-0.2, 0) is 0 Å². The number of hydrogen-bond acceptors (Lipinski definition) is 1. The van der Waals surface area contributed by atoms with Gasteiger partial charge in [-0.3, -0.25) is 0 Å². The molecule has 1 aromatic carbocycles. The molecule has 2 N–H and O–H groups in total. The van der Waals surface area contributed by atoms with Gasteiger partial charge in [-0.2, -0.15) is 0 Å². The number of urea groups is 1. The van der Waals surface area contributed by atoms with Crippen molar-refractivity contribution in [3.05, 3.63) is 27.7 Å². The van der Waals surface area contributed by atoms with Crippen molar-refractivity contribution in [3.8, 4) is 0 Å². The van der Waals surface area contributed by atoms with Crippen LogP contribution in [0, 0.1) is 13.8 Å². The van der Waals surface area contributed by atoms with Gasteiger partial charge < -0.3 is 10.6 Å². The lowest BCUT2D eigenvalue weighted by molar-refractivity contribution is 0.252. The van der Waals surface area contributed by atoms with Crippen LogP contribution >= 0.6 is 15.9 Å². The van der Waals surface area contributed by atoms with E-state index in [4.69, 9.17) is 0 Å². The molecule has 0 unspecified atom stereocenters. The van der Waals surface area contributed by atoms with Gasteiger partial charge in [0.25, 0.3) is 0 Å².